The maximum atomic E-state index is 12.3. The number of aromatic nitrogens is 4. The van der Waals surface area contributed by atoms with E-state index in [1.54, 1.807) is 29.3 Å². The Kier molecular flexibility index (Phi) is 4.12. The third-order valence-electron chi connectivity index (χ3n) is 3.42. The molecule has 1 N–H and O–H groups in total. The van der Waals surface area contributed by atoms with Gasteiger partial charge in [0, 0.05) is 11.6 Å². The molecule has 3 rings (SSSR count). The van der Waals surface area contributed by atoms with Gasteiger partial charge in [0.1, 0.15) is 5.82 Å². The van der Waals surface area contributed by atoms with E-state index in [-0.39, 0.29) is 11.3 Å². The third kappa shape index (κ3) is 3.48. The van der Waals surface area contributed by atoms with Crippen molar-refractivity contribution in [2.24, 2.45) is 0 Å². The van der Waals surface area contributed by atoms with Crippen LogP contribution in [0.3, 0.4) is 0 Å². The van der Waals surface area contributed by atoms with Gasteiger partial charge in [-0.05, 0) is 18.2 Å². The monoisotopic (exact) mass is 321 g/mol. The van der Waals surface area contributed by atoms with Crippen molar-refractivity contribution in [3.05, 3.63) is 66.5 Å². The highest BCUT2D eigenvalue weighted by Crippen LogP contribution is 2.18. The zero-order valence-electron chi connectivity index (χ0n) is 13.9. The van der Waals surface area contributed by atoms with E-state index >= 15 is 0 Å². The summed E-state index contributed by atoms with van der Waals surface area (Å²) in [6, 6.07) is 11.3. The van der Waals surface area contributed by atoms with Gasteiger partial charge in [0.25, 0.3) is 5.91 Å². The van der Waals surface area contributed by atoms with E-state index in [4.69, 9.17) is 0 Å². The molecule has 0 aliphatic carbocycles. The van der Waals surface area contributed by atoms with E-state index in [1.807, 2.05) is 51.1 Å². The van der Waals surface area contributed by atoms with Crippen molar-refractivity contribution in [1.29, 1.82) is 0 Å². The summed E-state index contributed by atoms with van der Waals surface area (Å²) in [6.45, 7) is 6.12. The van der Waals surface area contributed by atoms with Crippen molar-refractivity contribution in [2.75, 3.05) is 5.32 Å². The number of anilines is 1. The van der Waals surface area contributed by atoms with Crippen LogP contribution >= 0.6 is 0 Å². The number of benzene rings is 1. The molecule has 0 unspecified atom stereocenters. The Morgan fingerprint density at radius 1 is 1.04 bits per heavy atom. The predicted octanol–water partition coefficient (Wildman–Crippen LogP) is 3.21. The third-order valence-corrected chi connectivity index (χ3v) is 3.42. The number of para-hydroxylation sites is 1. The fourth-order valence-corrected chi connectivity index (χ4v) is 2.14. The number of carbonyl (C=O) groups excluding carboxylic acids is 1. The minimum atomic E-state index is -0.295. The normalized spacial score (nSPS) is 11.3. The molecule has 6 nitrogen and oxygen atoms in total. The minimum Gasteiger partial charge on any atom is -0.318 e. The minimum absolute atomic E-state index is 0.128. The van der Waals surface area contributed by atoms with Crippen LogP contribution in [0.15, 0.2) is 55.0 Å². The van der Waals surface area contributed by atoms with Crippen LogP contribution in [0.2, 0.25) is 0 Å². The molecule has 6 heteroatoms. The number of rotatable bonds is 3. The molecule has 122 valence electrons. The van der Waals surface area contributed by atoms with Crippen LogP contribution in [-0.2, 0) is 5.41 Å². The summed E-state index contributed by atoms with van der Waals surface area (Å²) in [5.74, 6) is 0.436. The molecule has 0 spiro atoms. The first-order valence-corrected chi connectivity index (χ1v) is 7.68. The van der Waals surface area contributed by atoms with E-state index < -0.39 is 0 Å². The first kappa shape index (κ1) is 15.9. The highest BCUT2D eigenvalue weighted by atomic mass is 16.1. The summed E-state index contributed by atoms with van der Waals surface area (Å²) in [5.41, 5.74) is 1.65. The van der Waals surface area contributed by atoms with Gasteiger partial charge in [0.2, 0.25) is 0 Å². The molecular weight excluding hydrogens is 302 g/mol. The lowest BCUT2D eigenvalue weighted by Gasteiger charge is -2.16. The van der Waals surface area contributed by atoms with E-state index in [0.717, 1.165) is 11.5 Å². The van der Waals surface area contributed by atoms with Crippen molar-refractivity contribution in [2.45, 2.75) is 26.2 Å². The highest BCUT2D eigenvalue weighted by molar-refractivity contribution is 6.02. The van der Waals surface area contributed by atoms with Crippen LogP contribution in [0.25, 0.3) is 5.69 Å². The molecule has 2 aromatic heterocycles. The van der Waals surface area contributed by atoms with Crippen molar-refractivity contribution in [1.82, 2.24) is 19.7 Å². The molecule has 0 aliphatic heterocycles. The van der Waals surface area contributed by atoms with Gasteiger partial charge in [-0.15, -0.1) is 0 Å². The zero-order valence-corrected chi connectivity index (χ0v) is 13.9. The number of carbonyl (C=O) groups is 1. The Morgan fingerprint density at radius 2 is 1.71 bits per heavy atom. The van der Waals surface area contributed by atoms with Gasteiger partial charge < -0.3 is 5.32 Å². The number of nitrogens with zero attached hydrogens (tertiary/aromatic N) is 4. The smallest absolute Gasteiger partial charge is 0.276 e. The molecule has 0 aliphatic rings. The summed E-state index contributed by atoms with van der Waals surface area (Å²) in [4.78, 5) is 20.9. The molecule has 0 fully saturated rings. The van der Waals surface area contributed by atoms with Gasteiger partial charge in [-0.1, -0.05) is 39.0 Å². The second-order valence-corrected chi connectivity index (χ2v) is 6.48. The van der Waals surface area contributed by atoms with Gasteiger partial charge in [0.05, 0.1) is 23.8 Å². The molecule has 0 radical (unpaired) electrons. The SMILES string of the molecule is CC(C)(C)c1ncc(NC(=O)c2ccn(-c3ccccc3)n2)cn1. The van der Waals surface area contributed by atoms with Crippen LogP contribution in [0, 0.1) is 0 Å². The summed E-state index contributed by atoms with van der Waals surface area (Å²) in [6.07, 6.45) is 4.97. The molecule has 0 bridgehead atoms. The zero-order chi connectivity index (χ0) is 17.2. The maximum absolute atomic E-state index is 12.3. The molecule has 1 amide bonds. The van der Waals surface area contributed by atoms with Crippen molar-refractivity contribution in [3.63, 3.8) is 0 Å². The number of hydrogen-bond donors (Lipinski definition) is 1. The molecule has 1 aromatic carbocycles. The molecule has 2 heterocycles. The van der Waals surface area contributed by atoms with Gasteiger partial charge in [-0.2, -0.15) is 5.10 Å². The molecular formula is C18H19N5O. The fraction of sp³-hybridized carbons (Fsp3) is 0.222. The van der Waals surface area contributed by atoms with Crippen molar-refractivity contribution < 1.29 is 4.79 Å². The van der Waals surface area contributed by atoms with Gasteiger partial charge in [0.15, 0.2) is 5.69 Å². The Balaban J connectivity index is 1.73. The number of amides is 1. The first-order valence-electron chi connectivity index (χ1n) is 7.68. The molecule has 0 saturated carbocycles. The lowest BCUT2D eigenvalue weighted by atomic mass is 9.96. The second kappa shape index (κ2) is 6.23. The fourth-order valence-electron chi connectivity index (χ4n) is 2.14. The number of hydrogen-bond acceptors (Lipinski definition) is 4. The lowest BCUT2D eigenvalue weighted by Crippen LogP contribution is -2.17. The lowest BCUT2D eigenvalue weighted by molar-refractivity contribution is 0.102. The molecule has 24 heavy (non-hydrogen) atoms. The van der Waals surface area contributed by atoms with E-state index in [1.165, 1.54) is 0 Å². The Labute approximate surface area is 140 Å². The van der Waals surface area contributed by atoms with E-state index in [0.29, 0.717) is 11.4 Å². The average molecular weight is 321 g/mol. The highest BCUT2D eigenvalue weighted by Gasteiger charge is 2.17. The van der Waals surface area contributed by atoms with E-state index in [2.05, 4.69) is 20.4 Å². The maximum Gasteiger partial charge on any atom is 0.276 e. The summed E-state index contributed by atoms with van der Waals surface area (Å²) >= 11 is 0. The average Bonchev–Trinajstić information content (AvgIpc) is 3.05. The summed E-state index contributed by atoms with van der Waals surface area (Å²) in [7, 11) is 0. The molecule has 0 saturated heterocycles. The van der Waals surface area contributed by atoms with E-state index in [9.17, 15) is 4.79 Å². The standard InChI is InChI=1S/C18H19N5O/c1-18(2,3)17-19-11-13(12-20-17)21-16(24)15-9-10-23(22-15)14-7-5-4-6-8-14/h4-12H,1-3H3,(H,21,24). The van der Waals surface area contributed by atoms with Crippen molar-refractivity contribution >= 4 is 11.6 Å². The largest absolute Gasteiger partial charge is 0.318 e. The predicted molar refractivity (Wildman–Crippen MR) is 92.2 cm³/mol. The Morgan fingerprint density at radius 3 is 2.33 bits per heavy atom. The van der Waals surface area contributed by atoms with Crippen LogP contribution in [0.1, 0.15) is 37.1 Å². The molecule has 0 atom stereocenters. The summed E-state index contributed by atoms with van der Waals surface area (Å²) in [5, 5.41) is 7.06. The van der Waals surface area contributed by atoms with Crippen LogP contribution in [0.5, 0.6) is 0 Å². The van der Waals surface area contributed by atoms with Gasteiger partial charge in [-0.3, -0.25) is 4.79 Å². The van der Waals surface area contributed by atoms with Crippen molar-refractivity contribution in [3.8, 4) is 5.69 Å². The number of nitrogens with one attached hydrogen (secondary N) is 1. The van der Waals surface area contributed by atoms with Crippen LogP contribution in [0.4, 0.5) is 5.69 Å². The topological polar surface area (TPSA) is 72.7 Å². The molecule has 3 aromatic rings. The first-order chi connectivity index (χ1) is 11.4. The van der Waals surface area contributed by atoms with Crippen LogP contribution < -0.4 is 5.32 Å². The van der Waals surface area contributed by atoms with Gasteiger partial charge in [-0.25, -0.2) is 14.6 Å². The van der Waals surface area contributed by atoms with Crippen LogP contribution in [-0.4, -0.2) is 25.7 Å². The Bertz CT molecular complexity index is 832. The Hall–Kier alpha value is -3.02. The second-order valence-electron chi connectivity index (χ2n) is 6.48. The summed E-state index contributed by atoms with van der Waals surface area (Å²) < 4.78 is 1.66. The van der Waals surface area contributed by atoms with Gasteiger partial charge >= 0.3 is 0 Å². The quantitative estimate of drug-likeness (QED) is 0.804.